The van der Waals surface area contributed by atoms with Crippen LogP contribution in [-0.4, -0.2) is 28.7 Å². The largest absolute Gasteiger partial charge is 0.352 e. The monoisotopic (exact) mass is 490 g/mol. The van der Waals surface area contributed by atoms with Crippen LogP contribution in [0.15, 0.2) is 72.9 Å². The van der Waals surface area contributed by atoms with E-state index in [0.717, 1.165) is 5.56 Å². The SMILES string of the molecule is CCc1ccccc1N(C(=O)CCC(=O)Nc1ccccn1)[C@H](C(=O)NC(C)C)c1ccc(F)cc1. The van der Waals surface area contributed by atoms with E-state index in [1.165, 1.54) is 29.2 Å². The summed E-state index contributed by atoms with van der Waals surface area (Å²) in [5, 5.41) is 5.55. The van der Waals surface area contributed by atoms with Crippen LogP contribution in [-0.2, 0) is 20.8 Å². The van der Waals surface area contributed by atoms with E-state index in [-0.39, 0.29) is 24.8 Å². The molecule has 3 aromatic rings. The number of para-hydroxylation sites is 1. The first-order chi connectivity index (χ1) is 17.3. The van der Waals surface area contributed by atoms with Crippen molar-refractivity contribution in [1.29, 1.82) is 0 Å². The molecule has 0 saturated carbocycles. The molecule has 0 fully saturated rings. The molecule has 2 N–H and O–H groups in total. The molecule has 0 bridgehead atoms. The highest BCUT2D eigenvalue weighted by Gasteiger charge is 2.34. The number of anilines is 2. The van der Waals surface area contributed by atoms with Crippen LogP contribution in [0, 0.1) is 5.82 Å². The van der Waals surface area contributed by atoms with Gasteiger partial charge in [0.15, 0.2) is 0 Å². The molecule has 7 nitrogen and oxygen atoms in total. The number of nitrogens with one attached hydrogen (secondary N) is 2. The number of amides is 3. The maximum Gasteiger partial charge on any atom is 0.248 e. The van der Waals surface area contributed by atoms with Gasteiger partial charge in [-0.25, -0.2) is 9.37 Å². The van der Waals surface area contributed by atoms with E-state index >= 15 is 0 Å². The first kappa shape index (κ1) is 26.5. The summed E-state index contributed by atoms with van der Waals surface area (Å²) in [5.41, 5.74) is 1.91. The van der Waals surface area contributed by atoms with Gasteiger partial charge in [0.2, 0.25) is 17.7 Å². The molecule has 188 valence electrons. The van der Waals surface area contributed by atoms with Gasteiger partial charge < -0.3 is 10.6 Å². The number of aryl methyl sites for hydroxylation is 1. The van der Waals surface area contributed by atoms with Gasteiger partial charge in [-0.05, 0) is 61.7 Å². The zero-order valence-corrected chi connectivity index (χ0v) is 20.7. The first-order valence-electron chi connectivity index (χ1n) is 12.0. The molecule has 0 spiro atoms. The third-order valence-corrected chi connectivity index (χ3v) is 5.52. The number of rotatable bonds is 10. The van der Waals surface area contributed by atoms with Crippen molar-refractivity contribution in [2.24, 2.45) is 0 Å². The third kappa shape index (κ3) is 6.97. The van der Waals surface area contributed by atoms with Crippen molar-refractivity contribution in [3.63, 3.8) is 0 Å². The fraction of sp³-hybridized carbons (Fsp3) is 0.286. The van der Waals surface area contributed by atoms with Crippen molar-refractivity contribution in [2.75, 3.05) is 10.2 Å². The topological polar surface area (TPSA) is 91.4 Å². The van der Waals surface area contributed by atoms with Crippen LogP contribution in [0.5, 0.6) is 0 Å². The second-order valence-electron chi connectivity index (χ2n) is 8.63. The molecule has 36 heavy (non-hydrogen) atoms. The second-order valence-corrected chi connectivity index (χ2v) is 8.63. The fourth-order valence-corrected chi connectivity index (χ4v) is 3.87. The zero-order valence-electron chi connectivity index (χ0n) is 20.7. The summed E-state index contributed by atoms with van der Waals surface area (Å²) in [6.07, 6.45) is 1.96. The summed E-state index contributed by atoms with van der Waals surface area (Å²) >= 11 is 0. The zero-order chi connectivity index (χ0) is 26.1. The van der Waals surface area contributed by atoms with Gasteiger partial charge in [-0.15, -0.1) is 0 Å². The van der Waals surface area contributed by atoms with Crippen LogP contribution < -0.4 is 15.5 Å². The van der Waals surface area contributed by atoms with Crippen LogP contribution in [0.3, 0.4) is 0 Å². The minimum Gasteiger partial charge on any atom is -0.352 e. The lowest BCUT2D eigenvalue weighted by atomic mass is 9.99. The van der Waals surface area contributed by atoms with Gasteiger partial charge in [0, 0.05) is 30.8 Å². The molecule has 0 aliphatic heterocycles. The molecule has 1 atom stereocenters. The lowest BCUT2D eigenvalue weighted by Crippen LogP contribution is -2.46. The highest BCUT2D eigenvalue weighted by atomic mass is 19.1. The highest BCUT2D eigenvalue weighted by Crippen LogP contribution is 2.32. The maximum absolute atomic E-state index is 13.7. The Morgan fingerprint density at radius 2 is 1.64 bits per heavy atom. The van der Waals surface area contributed by atoms with E-state index < -0.39 is 23.7 Å². The number of carbonyl (C=O) groups excluding carboxylic acids is 3. The number of halogens is 1. The Morgan fingerprint density at radius 1 is 0.944 bits per heavy atom. The van der Waals surface area contributed by atoms with Crippen LogP contribution in [0.1, 0.15) is 50.8 Å². The summed E-state index contributed by atoms with van der Waals surface area (Å²) in [4.78, 5) is 45.2. The molecule has 0 aliphatic rings. The fourth-order valence-electron chi connectivity index (χ4n) is 3.87. The molecule has 0 saturated heterocycles. The van der Waals surface area contributed by atoms with E-state index in [1.54, 1.807) is 36.5 Å². The summed E-state index contributed by atoms with van der Waals surface area (Å²) < 4.78 is 13.7. The van der Waals surface area contributed by atoms with E-state index in [0.29, 0.717) is 23.5 Å². The predicted octanol–water partition coefficient (Wildman–Crippen LogP) is 4.80. The molecular weight excluding hydrogens is 459 g/mol. The summed E-state index contributed by atoms with van der Waals surface area (Å²) in [7, 11) is 0. The van der Waals surface area contributed by atoms with Gasteiger partial charge in [0.25, 0.3) is 0 Å². The molecule has 2 aromatic carbocycles. The van der Waals surface area contributed by atoms with Gasteiger partial charge in [0.1, 0.15) is 17.7 Å². The minimum atomic E-state index is -1.05. The van der Waals surface area contributed by atoms with Gasteiger partial charge in [0.05, 0.1) is 0 Å². The average Bonchev–Trinajstić information content (AvgIpc) is 2.86. The Labute approximate surface area is 210 Å². The molecule has 0 unspecified atom stereocenters. The number of nitrogens with zero attached hydrogens (tertiary/aromatic N) is 2. The van der Waals surface area contributed by atoms with Gasteiger partial charge in [-0.1, -0.05) is 43.3 Å². The number of hydrogen-bond acceptors (Lipinski definition) is 4. The Morgan fingerprint density at radius 3 is 2.28 bits per heavy atom. The Balaban J connectivity index is 1.97. The van der Waals surface area contributed by atoms with Crippen LogP contribution in [0.2, 0.25) is 0 Å². The summed E-state index contributed by atoms with van der Waals surface area (Å²) in [6, 6.07) is 16.8. The molecule has 1 aromatic heterocycles. The van der Waals surface area contributed by atoms with Crippen molar-refractivity contribution < 1.29 is 18.8 Å². The molecule has 0 aliphatic carbocycles. The normalized spacial score (nSPS) is 11.6. The molecule has 3 amide bonds. The number of hydrogen-bond donors (Lipinski definition) is 2. The average molecular weight is 491 g/mol. The lowest BCUT2D eigenvalue weighted by Gasteiger charge is -2.33. The molecule has 8 heteroatoms. The Bertz CT molecular complexity index is 1180. The summed E-state index contributed by atoms with van der Waals surface area (Å²) in [5.74, 6) is -1.21. The number of carbonyl (C=O) groups is 3. The van der Waals surface area contributed by atoms with E-state index in [4.69, 9.17) is 0 Å². The molecule has 0 radical (unpaired) electrons. The number of benzene rings is 2. The highest BCUT2D eigenvalue weighted by molar-refractivity contribution is 6.03. The maximum atomic E-state index is 13.7. The summed E-state index contributed by atoms with van der Waals surface area (Å²) in [6.45, 7) is 5.62. The van der Waals surface area contributed by atoms with Crippen molar-refractivity contribution in [3.05, 3.63) is 89.9 Å². The third-order valence-electron chi connectivity index (χ3n) is 5.52. The van der Waals surface area contributed by atoms with Crippen LogP contribution >= 0.6 is 0 Å². The smallest absolute Gasteiger partial charge is 0.248 e. The van der Waals surface area contributed by atoms with Crippen molar-refractivity contribution in [1.82, 2.24) is 10.3 Å². The first-order valence-corrected chi connectivity index (χ1v) is 12.0. The van der Waals surface area contributed by atoms with Gasteiger partial charge in [-0.3, -0.25) is 19.3 Å². The van der Waals surface area contributed by atoms with E-state index in [2.05, 4.69) is 15.6 Å². The van der Waals surface area contributed by atoms with E-state index in [1.807, 2.05) is 32.9 Å². The standard InChI is InChI=1S/C28H31FN4O3/c1-4-20-9-5-6-10-23(20)33(26(35)17-16-25(34)32-24-11-7-8-18-30-24)27(28(36)31-19(2)3)21-12-14-22(29)15-13-21/h5-15,18-19,27H,4,16-17H2,1-3H3,(H,31,36)(H,30,32,34)/t27-/m0/s1. The van der Waals surface area contributed by atoms with Gasteiger partial charge in [-0.2, -0.15) is 0 Å². The lowest BCUT2D eigenvalue weighted by molar-refractivity contribution is -0.127. The quantitative estimate of drug-likeness (QED) is 0.427. The Hall–Kier alpha value is -4.07. The van der Waals surface area contributed by atoms with Crippen LogP contribution in [0.4, 0.5) is 15.9 Å². The van der Waals surface area contributed by atoms with Crippen molar-refractivity contribution >= 4 is 29.2 Å². The van der Waals surface area contributed by atoms with Gasteiger partial charge >= 0.3 is 0 Å². The molecule has 3 rings (SSSR count). The predicted molar refractivity (Wildman–Crippen MR) is 138 cm³/mol. The number of aromatic nitrogens is 1. The molecular formula is C28H31FN4O3. The second kappa shape index (κ2) is 12.6. The van der Waals surface area contributed by atoms with Crippen molar-refractivity contribution in [2.45, 2.75) is 52.1 Å². The number of pyridine rings is 1. The Kier molecular flexibility index (Phi) is 9.27. The van der Waals surface area contributed by atoms with E-state index in [9.17, 15) is 18.8 Å². The molecule has 1 heterocycles. The van der Waals surface area contributed by atoms with Crippen LogP contribution in [0.25, 0.3) is 0 Å². The van der Waals surface area contributed by atoms with Crippen molar-refractivity contribution in [3.8, 4) is 0 Å². The minimum absolute atomic E-state index is 0.0951.